The minimum absolute atomic E-state index is 0.453. The third-order valence-electron chi connectivity index (χ3n) is 4.41. The van der Waals surface area contributed by atoms with Crippen LogP contribution in [0.3, 0.4) is 0 Å². The van der Waals surface area contributed by atoms with E-state index in [1.165, 1.54) is 31.4 Å². The number of nitrogens with zero attached hydrogens (tertiary/aromatic N) is 2. The molecule has 2 fully saturated rings. The van der Waals surface area contributed by atoms with E-state index in [0.29, 0.717) is 12.1 Å². The quantitative estimate of drug-likeness (QED) is 0.916. The van der Waals surface area contributed by atoms with Gasteiger partial charge in [-0.25, -0.2) is 0 Å². The Morgan fingerprint density at radius 1 is 1.40 bits per heavy atom. The second-order valence-corrected chi connectivity index (χ2v) is 5.80. The van der Waals surface area contributed by atoms with Crippen molar-refractivity contribution in [1.29, 1.82) is 0 Å². The SMILES string of the molecule is CCNc1ccnc(CN2CCOC3CCCCC32)c1. The first kappa shape index (κ1) is 13.8. The molecule has 4 heteroatoms. The molecule has 3 rings (SSSR count). The molecular formula is C16H25N3O. The number of hydrogen-bond donors (Lipinski definition) is 1. The summed E-state index contributed by atoms with van der Waals surface area (Å²) in [6.07, 6.45) is 7.53. The van der Waals surface area contributed by atoms with Crippen molar-refractivity contribution >= 4 is 5.69 Å². The molecule has 1 N–H and O–H groups in total. The Kier molecular flexibility index (Phi) is 4.53. The van der Waals surface area contributed by atoms with Gasteiger partial charge in [0.2, 0.25) is 0 Å². The average Bonchev–Trinajstić information content (AvgIpc) is 2.48. The highest BCUT2D eigenvalue weighted by molar-refractivity contribution is 5.42. The fourth-order valence-corrected chi connectivity index (χ4v) is 3.46. The van der Waals surface area contributed by atoms with Crippen LogP contribution in [0.25, 0.3) is 0 Å². The van der Waals surface area contributed by atoms with Gasteiger partial charge in [0.25, 0.3) is 0 Å². The molecule has 2 heterocycles. The van der Waals surface area contributed by atoms with Gasteiger partial charge in [-0.1, -0.05) is 12.8 Å². The molecule has 0 bridgehead atoms. The molecule has 2 atom stereocenters. The van der Waals surface area contributed by atoms with Crippen molar-refractivity contribution in [3.8, 4) is 0 Å². The highest BCUT2D eigenvalue weighted by atomic mass is 16.5. The van der Waals surface area contributed by atoms with Crippen LogP contribution in [0, 0.1) is 0 Å². The molecular weight excluding hydrogens is 250 g/mol. The van der Waals surface area contributed by atoms with Gasteiger partial charge in [0.15, 0.2) is 0 Å². The lowest BCUT2D eigenvalue weighted by Crippen LogP contribution is -2.52. The van der Waals surface area contributed by atoms with Crippen LogP contribution in [0.4, 0.5) is 5.69 Å². The zero-order chi connectivity index (χ0) is 13.8. The van der Waals surface area contributed by atoms with Crippen LogP contribution in [0.15, 0.2) is 18.3 Å². The summed E-state index contributed by atoms with van der Waals surface area (Å²) >= 11 is 0. The first-order chi connectivity index (χ1) is 9.86. The lowest BCUT2D eigenvalue weighted by Gasteiger charge is -2.43. The van der Waals surface area contributed by atoms with Crippen LogP contribution in [0.1, 0.15) is 38.3 Å². The highest BCUT2D eigenvalue weighted by Gasteiger charge is 2.34. The van der Waals surface area contributed by atoms with Crippen molar-refractivity contribution in [2.24, 2.45) is 0 Å². The number of hydrogen-bond acceptors (Lipinski definition) is 4. The van der Waals surface area contributed by atoms with Crippen molar-refractivity contribution < 1.29 is 4.74 Å². The van der Waals surface area contributed by atoms with E-state index in [2.05, 4.69) is 28.2 Å². The smallest absolute Gasteiger partial charge is 0.0731 e. The number of fused-ring (bicyclic) bond motifs is 1. The monoisotopic (exact) mass is 275 g/mol. The number of ether oxygens (including phenoxy) is 1. The van der Waals surface area contributed by atoms with Crippen LogP contribution in [-0.2, 0) is 11.3 Å². The largest absolute Gasteiger partial charge is 0.385 e. The normalized spacial score (nSPS) is 27.1. The van der Waals surface area contributed by atoms with E-state index in [9.17, 15) is 0 Å². The van der Waals surface area contributed by atoms with E-state index < -0.39 is 0 Å². The molecule has 1 saturated carbocycles. The average molecular weight is 275 g/mol. The van der Waals surface area contributed by atoms with E-state index in [0.717, 1.165) is 31.9 Å². The maximum atomic E-state index is 5.94. The summed E-state index contributed by atoms with van der Waals surface area (Å²) in [6.45, 7) is 5.92. The first-order valence-electron chi connectivity index (χ1n) is 7.91. The van der Waals surface area contributed by atoms with E-state index in [-0.39, 0.29) is 0 Å². The van der Waals surface area contributed by atoms with E-state index in [1.807, 2.05) is 12.3 Å². The Morgan fingerprint density at radius 2 is 2.30 bits per heavy atom. The molecule has 110 valence electrons. The lowest BCUT2D eigenvalue weighted by molar-refractivity contribution is -0.0914. The standard InChI is InChI=1S/C16H25N3O/c1-2-17-13-7-8-18-14(11-13)12-19-9-10-20-16-6-4-3-5-15(16)19/h7-8,11,15-16H,2-6,9-10,12H2,1H3,(H,17,18). The fourth-order valence-electron chi connectivity index (χ4n) is 3.46. The second kappa shape index (κ2) is 6.55. The molecule has 0 spiro atoms. The molecule has 1 aromatic rings. The van der Waals surface area contributed by atoms with Gasteiger partial charge in [0.05, 0.1) is 18.4 Å². The van der Waals surface area contributed by atoms with Gasteiger partial charge in [0, 0.05) is 37.6 Å². The number of aromatic nitrogens is 1. The Balaban J connectivity index is 1.68. The van der Waals surface area contributed by atoms with Crippen LogP contribution in [0.2, 0.25) is 0 Å². The van der Waals surface area contributed by atoms with Gasteiger partial charge < -0.3 is 10.1 Å². The van der Waals surface area contributed by atoms with Crippen LogP contribution < -0.4 is 5.32 Å². The predicted octanol–water partition coefficient (Wildman–Crippen LogP) is 2.66. The van der Waals surface area contributed by atoms with Gasteiger partial charge in [-0.3, -0.25) is 9.88 Å². The number of morpholine rings is 1. The molecule has 0 radical (unpaired) electrons. The number of nitrogens with one attached hydrogen (secondary N) is 1. The first-order valence-corrected chi connectivity index (χ1v) is 7.91. The molecule has 0 amide bonds. The maximum absolute atomic E-state index is 5.94. The Hall–Kier alpha value is -1.13. The fraction of sp³-hybridized carbons (Fsp3) is 0.688. The molecule has 1 aliphatic heterocycles. The maximum Gasteiger partial charge on any atom is 0.0731 e. The van der Waals surface area contributed by atoms with E-state index in [1.54, 1.807) is 0 Å². The molecule has 20 heavy (non-hydrogen) atoms. The van der Waals surface area contributed by atoms with Crippen molar-refractivity contribution in [1.82, 2.24) is 9.88 Å². The van der Waals surface area contributed by atoms with Crippen LogP contribution >= 0.6 is 0 Å². The molecule has 1 aliphatic carbocycles. The van der Waals surface area contributed by atoms with Gasteiger partial charge in [-0.15, -0.1) is 0 Å². The predicted molar refractivity (Wildman–Crippen MR) is 80.8 cm³/mol. The summed E-state index contributed by atoms with van der Waals surface area (Å²) in [7, 11) is 0. The van der Waals surface area contributed by atoms with Gasteiger partial charge >= 0.3 is 0 Å². The van der Waals surface area contributed by atoms with Gasteiger partial charge in [-0.05, 0) is 31.9 Å². The summed E-state index contributed by atoms with van der Waals surface area (Å²) in [5.74, 6) is 0. The summed E-state index contributed by atoms with van der Waals surface area (Å²) in [6, 6.07) is 4.81. The summed E-state index contributed by atoms with van der Waals surface area (Å²) in [4.78, 5) is 7.11. The van der Waals surface area contributed by atoms with Crippen molar-refractivity contribution in [3.63, 3.8) is 0 Å². The summed E-state index contributed by atoms with van der Waals surface area (Å²) in [5, 5.41) is 3.36. The molecule has 1 aromatic heterocycles. The number of anilines is 1. The third kappa shape index (κ3) is 3.13. The Bertz CT molecular complexity index is 435. The Labute approximate surface area is 121 Å². The zero-order valence-electron chi connectivity index (χ0n) is 12.3. The minimum atomic E-state index is 0.453. The highest BCUT2D eigenvalue weighted by Crippen LogP contribution is 2.29. The zero-order valence-corrected chi connectivity index (χ0v) is 12.3. The molecule has 1 saturated heterocycles. The number of pyridine rings is 1. The lowest BCUT2D eigenvalue weighted by atomic mass is 9.90. The topological polar surface area (TPSA) is 37.4 Å². The van der Waals surface area contributed by atoms with Gasteiger partial charge in [0.1, 0.15) is 0 Å². The van der Waals surface area contributed by atoms with Crippen molar-refractivity contribution in [2.45, 2.75) is 51.3 Å². The minimum Gasteiger partial charge on any atom is -0.385 e. The van der Waals surface area contributed by atoms with Crippen molar-refractivity contribution in [2.75, 3.05) is 25.0 Å². The van der Waals surface area contributed by atoms with Crippen LogP contribution in [0.5, 0.6) is 0 Å². The van der Waals surface area contributed by atoms with Crippen LogP contribution in [-0.4, -0.2) is 41.7 Å². The summed E-state index contributed by atoms with van der Waals surface area (Å²) in [5.41, 5.74) is 2.33. The molecule has 4 nitrogen and oxygen atoms in total. The van der Waals surface area contributed by atoms with E-state index >= 15 is 0 Å². The second-order valence-electron chi connectivity index (χ2n) is 5.80. The third-order valence-corrected chi connectivity index (χ3v) is 4.41. The van der Waals surface area contributed by atoms with Crippen molar-refractivity contribution in [3.05, 3.63) is 24.0 Å². The van der Waals surface area contributed by atoms with Gasteiger partial charge in [-0.2, -0.15) is 0 Å². The molecule has 2 unspecified atom stereocenters. The molecule has 2 aliphatic rings. The van der Waals surface area contributed by atoms with E-state index in [4.69, 9.17) is 4.74 Å². The Morgan fingerprint density at radius 3 is 3.20 bits per heavy atom. The molecule has 0 aromatic carbocycles. The summed E-state index contributed by atoms with van der Waals surface area (Å²) < 4.78 is 5.94. The number of rotatable bonds is 4.